The number of ketones is 1. The first-order valence-corrected chi connectivity index (χ1v) is 13.4. The molecule has 1 unspecified atom stereocenters. The molecular formula is C29H34N8O4. The molecule has 0 bridgehead atoms. The number of aryl methyl sites for hydroxylation is 1. The molecule has 1 atom stereocenters. The number of carbonyl (C=O) groups excluding carboxylic acids is 1. The van der Waals surface area contributed by atoms with Crippen molar-refractivity contribution in [2.45, 2.75) is 46.3 Å². The standard InChI is InChI=1S/C29H34N8O4/c1-6-23(38)20-14-30-25(33-24-10-11-37(28(39)34-24)15-18-13-29(2,3)16-41-18)12-22(20)32-21-9-7-8-19(26(21)40-5)27-31-17-36(4)35-27/h7-12,14,17-18H,6,13,15-16H2,1-5H3,(H2,30,32,33,34,39). The lowest BCUT2D eigenvalue weighted by atomic mass is 9.91. The molecule has 0 radical (unpaired) electrons. The first kappa shape index (κ1) is 28.0. The molecular weight excluding hydrogens is 524 g/mol. The van der Waals surface area contributed by atoms with E-state index in [0.29, 0.717) is 65.3 Å². The summed E-state index contributed by atoms with van der Waals surface area (Å²) in [5.74, 6) is 1.71. The van der Waals surface area contributed by atoms with Crippen molar-refractivity contribution in [3.8, 4) is 17.1 Å². The lowest BCUT2D eigenvalue weighted by Crippen LogP contribution is -2.28. The molecule has 1 aliphatic heterocycles. The second-order valence-corrected chi connectivity index (χ2v) is 10.8. The molecule has 4 aromatic rings. The van der Waals surface area contributed by atoms with Crippen LogP contribution in [0.15, 0.2) is 53.8 Å². The summed E-state index contributed by atoms with van der Waals surface area (Å²) in [7, 11) is 3.36. The normalized spacial score (nSPS) is 16.0. The third kappa shape index (κ3) is 6.27. The topological polar surface area (TPSA) is 138 Å². The van der Waals surface area contributed by atoms with E-state index in [1.165, 1.54) is 6.20 Å². The van der Waals surface area contributed by atoms with Crippen LogP contribution in [0.3, 0.4) is 0 Å². The Bertz CT molecular complexity index is 1630. The number of para-hydroxylation sites is 1. The van der Waals surface area contributed by atoms with E-state index in [-0.39, 0.29) is 23.0 Å². The molecule has 214 valence electrons. The number of nitrogens with one attached hydrogen (secondary N) is 2. The number of rotatable bonds is 10. The molecule has 1 aliphatic rings. The third-order valence-electron chi connectivity index (χ3n) is 6.88. The molecule has 12 nitrogen and oxygen atoms in total. The molecule has 0 aliphatic carbocycles. The fraction of sp³-hybridized carbons (Fsp3) is 0.379. The number of methoxy groups -OCH3 is 1. The Morgan fingerprint density at radius 3 is 2.66 bits per heavy atom. The lowest BCUT2D eigenvalue weighted by Gasteiger charge is -2.17. The van der Waals surface area contributed by atoms with Crippen molar-refractivity contribution in [3.63, 3.8) is 0 Å². The Kier molecular flexibility index (Phi) is 7.84. The van der Waals surface area contributed by atoms with E-state index in [9.17, 15) is 9.59 Å². The summed E-state index contributed by atoms with van der Waals surface area (Å²) >= 11 is 0. The average Bonchev–Trinajstić information content (AvgIpc) is 3.53. The van der Waals surface area contributed by atoms with E-state index in [0.717, 1.165) is 6.42 Å². The van der Waals surface area contributed by atoms with Gasteiger partial charge in [-0.1, -0.05) is 26.8 Å². The highest BCUT2D eigenvalue weighted by atomic mass is 16.5. The number of anilines is 4. The maximum absolute atomic E-state index is 12.8. The highest BCUT2D eigenvalue weighted by Crippen LogP contribution is 2.37. The van der Waals surface area contributed by atoms with Gasteiger partial charge in [-0.3, -0.25) is 14.0 Å². The van der Waals surface area contributed by atoms with E-state index < -0.39 is 0 Å². The maximum atomic E-state index is 12.8. The van der Waals surface area contributed by atoms with Gasteiger partial charge in [-0.15, -0.1) is 0 Å². The quantitative estimate of drug-likeness (QED) is 0.270. The summed E-state index contributed by atoms with van der Waals surface area (Å²) in [4.78, 5) is 38.5. The second-order valence-electron chi connectivity index (χ2n) is 10.8. The van der Waals surface area contributed by atoms with Crippen molar-refractivity contribution < 1.29 is 14.3 Å². The minimum Gasteiger partial charge on any atom is -0.494 e. The molecule has 1 aromatic carbocycles. The number of hydrogen-bond acceptors (Lipinski definition) is 10. The molecule has 12 heteroatoms. The lowest BCUT2D eigenvalue weighted by molar-refractivity contribution is 0.0868. The molecule has 0 amide bonds. The van der Waals surface area contributed by atoms with E-state index in [1.807, 2.05) is 18.2 Å². The van der Waals surface area contributed by atoms with Crippen molar-refractivity contribution >= 4 is 28.8 Å². The number of nitrogens with zero attached hydrogens (tertiary/aromatic N) is 6. The molecule has 0 spiro atoms. The van der Waals surface area contributed by atoms with Gasteiger partial charge in [-0.2, -0.15) is 10.1 Å². The summed E-state index contributed by atoms with van der Waals surface area (Å²) in [6.45, 7) is 7.23. The number of benzene rings is 1. The average molecular weight is 559 g/mol. The molecule has 2 N–H and O–H groups in total. The third-order valence-corrected chi connectivity index (χ3v) is 6.88. The van der Waals surface area contributed by atoms with Crippen molar-refractivity contribution in [2.75, 3.05) is 24.4 Å². The molecule has 3 aromatic heterocycles. The number of pyridine rings is 1. The zero-order valence-corrected chi connectivity index (χ0v) is 23.8. The summed E-state index contributed by atoms with van der Waals surface area (Å²) < 4.78 is 14.7. The van der Waals surface area contributed by atoms with Gasteiger partial charge in [0.2, 0.25) is 0 Å². The first-order chi connectivity index (χ1) is 19.7. The van der Waals surface area contributed by atoms with Gasteiger partial charge >= 0.3 is 5.69 Å². The van der Waals surface area contributed by atoms with Crippen LogP contribution < -0.4 is 21.1 Å². The minimum atomic E-state index is -0.385. The SMILES string of the molecule is CCC(=O)c1cnc(Nc2ccn(CC3CC(C)(C)CO3)c(=O)n2)cc1Nc1cccc(-c2ncn(C)n2)c1OC. The number of aromatic nitrogens is 6. The predicted octanol–water partition coefficient (Wildman–Crippen LogP) is 4.34. The van der Waals surface area contributed by atoms with Crippen LogP contribution >= 0.6 is 0 Å². The van der Waals surface area contributed by atoms with E-state index in [2.05, 4.69) is 44.5 Å². The Labute approximate surface area is 237 Å². The Hall–Kier alpha value is -4.58. The van der Waals surface area contributed by atoms with Gasteiger partial charge in [-0.25, -0.2) is 14.8 Å². The van der Waals surface area contributed by atoms with E-state index >= 15 is 0 Å². The molecule has 4 heterocycles. The fourth-order valence-corrected chi connectivity index (χ4v) is 4.86. The van der Waals surface area contributed by atoms with Gasteiger partial charge in [0.1, 0.15) is 18.0 Å². The first-order valence-electron chi connectivity index (χ1n) is 13.4. The van der Waals surface area contributed by atoms with Crippen LogP contribution in [-0.4, -0.2) is 54.9 Å². The highest BCUT2D eigenvalue weighted by molar-refractivity contribution is 6.02. The zero-order valence-electron chi connectivity index (χ0n) is 23.8. The summed E-state index contributed by atoms with van der Waals surface area (Å²) in [5.41, 5.74) is 1.98. The van der Waals surface area contributed by atoms with Crippen LogP contribution in [-0.2, 0) is 18.3 Å². The molecule has 1 fully saturated rings. The number of carbonyl (C=O) groups is 1. The maximum Gasteiger partial charge on any atom is 0.349 e. The van der Waals surface area contributed by atoms with Crippen LogP contribution in [0, 0.1) is 5.41 Å². The number of ether oxygens (including phenoxy) is 2. The van der Waals surface area contributed by atoms with Crippen molar-refractivity contribution in [1.82, 2.24) is 29.3 Å². The Balaban J connectivity index is 1.41. The van der Waals surface area contributed by atoms with Gasteiger partial charge in [0.25, 0.3) is 0 Å². The zero-order chi connectivity index (χ0) is 29.1. The molecule has 41 heavy (non-hydrogen) atoms. The second kappa shape index (κ2) is 11.5. The molecule has 0 saturated carbocycles. The summed E-state index contributed by atoms with van der Waals surface area (Å²) in [5, 5.41) is 10.8. The minimum absolute atomic E-state index is 0.0220. The number of hydrogen-bond donors (Lipinski definition) is 2. The Morgan fingerprint density at radius 2 is 2.00 bits per heavy atom. The van der Waals surface area contributed by atoms with Gasteiger partial charge < -0.3 is 20.1 Å². The summed E-state index contributed by atoms with van der Waals surface area (Å²) in [6, 6.07) is 8.98. The van der Waals surface area contributed by atoms with Gasteiger partial charge in [-0.05, 0) is 30.0 Å². The van der Waals surface area contributed by atoms with E-state index in [1.54, 1.807) is 55.0 Å². The number of Topliss-reactive ketones (excluding diaryl/α,β-unsaturated/α-hetero) is 1. The largest absolute Gasteiger partial charge is 0.494 e. The van der Waals surface area contributed by atoms with Crippen molar-refractivity contribution in [2.24, 2.45) is 12.5 Å². The van der Waals surface area contributed by atoms with Crippen molar-refractivity contribution in [1.29, 1.82) is 0 Å². The fourth-order valence-electron chi connectivity index (χ4n) is 4.86. The Morgan fingerprint density at radius 1 is 1.17 bits per heavy atom. The highest BCUT2D eigenvalue weighted by Gasteiger charge is 2.32. The van der Waals surface area contributed by atoms with Crippen LogP contribution in [0.4, 0.5) is 23.0 Å². The van der Waals surface area contributed by atoms with Crippen LogP contribution in [0.1, 0.15) is 44.0 Å². The van der Waals surface area contributed by atoms with Gasteiger partial charge in [0.15, 0.2) is 17.4 Å². The van der Waals surface area contributed by atoms with Crippen LogP contribution in [0.2, 0.25) is 0 Å². The van der Waals surface area contributed by atoms with Crippen LogP contribution in [0.5, 0.6) is 5.75 Å². The van der Waals surface area contributed by atoms with Gasteiger partial charge in [0.05, 0.1) is 48.9 Å². The molecule has 5 rings (SSSR count). The molecule has 1 saturated heterocycles. The summed E-state index contributed by atoms with van der Waals surface area (Å²) in [6.07, 6.45) is 5.99. The van der Waals surface area contributed by atoms with Gasteiger partial charge in [0, 0.05) is 31.9 Å². The van der Waals surface area contributed by atoms with E-state index in [4.69, 9.17) is 9.47 Å². The monoisotopic (exact) mass is 558 g/mol. The predicted molar refractivity (Wildman–Crippen MR) is 155 cm³/mol. The smallest absolute Gasteiger partial charge is 0.349 e. The van der Waals surface area contributed by atoms with Crippen molar-refractivity contribution in [3.05, 3.63) is 65.1 Å². The van der Waals surface area contributed by atoms with Crippen LogP contribution in [0.25, 0.3) is 11.4 Å².